The highest BCUT2D eigenvalue weighted by molar-refractivity contribution is 5.95. The van der Waals surface area contributed by atoms with E-state index in [4.69, 9.17) is 4.74 Å². The molecule has 6 saturated carbocycles. The lowest BCUT2D eigenvalue weighted by atomic mass is 9.38. The summed E-state index contributed by atoms with van der Waals surface area (Å²) in [4.78, 5) is 12.0. The molecule has 0 aromatic carbocycles. The van der Waals surface area contributed by atoms with Gasteiger partial charge in [-0.3, -0.25) is 4.79 Å². The van der Waals surface area contributed by atoms with Crippen molar-refractivity contribution in [2.24, 2.45) is 41.4 Å². The van der Waals surface area contributed by atoms with Gasteiger partial charge in [0.05, 0.1) is 11.5 Å². The Bertz CT molecular complexity index is 363. The van der Waals surface area contributed by atoms with Crippen LogP contribution in [0.1, 0.15) is 6.42 Å². The number of ketones is 1. The van der Waals surface area contributed by atoms with Crippen LogP contribution in [0.25, 0.3) is 0 Å². The van der Waals surface area contributed by atoms with E-state index in [0.29, 0.717) is 23.5 Å². The lowest BCUT2D eigenvalue weighted by molar-refractivity contribution is -0.318. The van der Waals surface area contributed by atoms with E-state index in [1.54, 1.807) is 0 Å². The molecule has 0 spiro atoms. The van der Waals surface area contributed by atoms with E-state index in [9.17, 15) is 4.79 Å². The smallest absolute Gasteiger partial charge is 0.142 e. The minimum Gasteiger partial charge on any atom is -0.377 e. The normalized spacial score (nSPS) is 78.8. The van der Waals surface area contributed by atoms with Gasteiger partial charge in [0.1, 0.15) is 5.78 Å². The maximum atomic E-state index is 12.0. The Morgan fingerprint density at radius 3 is 2.92 bits per heavy atom. The van der Waals surface area contributed by atoms with Crippen molar-refractivity contribution in [3.8, 4) is 0 Å². The third-order valence-electron chi connectivity index (χ3n) is 6.13. The molecule has 0 N–H and O–H groups in total. The third-order valence-corrected chi connectivity index (χ3v) is 6.13. The summed E-state index contributed by atoms with van der Waals surface area (Å²) in [6.45, 7) is 0. The second-order valence-electron chi connectivity index (χ2n) is 5.66. The van der Waals surface area contributed by atoms with Gasteiger partial charge in [-0.2, -0.15) is 0 Å². The summed E-state index contributed by atoms with van der Waals surface area (Å²) in [5, 5.41) is 0. The van der Waals surface area contributed by atoms with Gasteiger partial charge < -0.3 is 4.74 Å². The molecule has 8 atom stereocenters. The summed E-state index contributed by atoms with van der Waals surface area (Å²) in [5.74, 6) is 5.31. The molecule has 0 aromatic heterocycles. The second-order valence-corrected chi connectivity index (χ2v) is 5.66. The van der Waals surface area contributed by atoms with Gasteiger partial charge in [-0.25, -0.2) is 0 Å². The fourth-order valence-electron chi connectivity index (χ4n) is 6.27. The largest absolute Gasteiger partial charge is 0.377 e. The first kappa shape index (κ1) is 6.18. The number of carbonyl (C=O) groups is 1. The minimum atomic E-state index is 0.0874. The van der Waals surface area contributed by atoms with Crippen LogP contribution in [-0.2, 0) is 9.53 Å². The average molecular weight is 176 g/mol. The first-order chi connectivity index (χ1) is 6.32. The molecule has 0 aromatic rings. The molecule has 6 aliphatic carbocycles. The van der Waals surface area contributed by atoms with Crippen LogP contribution in [0, 0.1) is 41.4 Å². The zero-order chi connectivity index (χ0) is 8.53. The number of methoxy groups -OCH3 is 1. The number of carbonyl (C=O) groups excluding carboxylic acids is 1. The molecule has 1 unspecified atom stereocenters. The molecular formula is C11H12O2. The fraction of sp³-hybridized carbons (Fsp3) is 0.909. The van der Waals surface area contributed by atoms with Crippen molar-refractivity contribution >= 4 is 5.78 Å². The van der Waals surface area contributed by atoms with E-state index in [1.807, 2.05) is 7.11 Å². The Morgan fingerprint density at radius 1 is 1.38 bits per heavy atom. The molecule has 0 radical (unpaired) electrons. The molecule has 0 heterocycles. The van der Waals surface area contributed by atoms with Crippen molar-refractivity contribution in [2.75, 3.05) is 7.11 Å². The average Bonchev–Trinajstić information content (AvgIpc) is 2.60. The number of ether oxygens (including phenoxy) is 1. The van der Waals surface area contributed by atoms with Crippen LogP contribution in [0.5, 0.6) is 0 Å². The van der Waals surface area contributed by atoms with E-state index in [2.05, 4.69) is 0 Å². The fourth-order valence-corrected chi connectivity index (χ4v) is 6.27. The highest BCUT2D eigenvalue weighted by atomic mass is 16.5. The van der Waals surface area contributed by atoms with Crippen LogP contribution in [0.4, 0.5) is 0 Å². The van der Waals surface area contributed by atoms with E-state index >= 15 is 0 Å². The van der Waals surface area contributed by atoms with Crippen LogP contribution in [0.2, 0.25) is 0 Å². The number of Topliss-reactive ketones (excluding diaryl/α,β-unsaturated/α-hetero) is 1. The van der Waals surface area contributed by atoms with E-state index in [1.165, 1.54) is 6.42 Å². The Kier molecular flexibility index (Phi) is 0.624. The van der Waals surface area contributed by atoms with Crippen molar-refractivity contribution in [1.29, 1.82) is 0 Å². The molecule has 6 rings (SSSR count). The third kappa shape index (κ3) is 0.293. The lowest BCUT2D eigenvalue weighted by Gasteiger charge is -2.70. The molecule has 2 nitrogen and oxygen atoms in total. The summed E-state index contributed by atoms with van der Waals surface area (Å²) >= 11 is 0. The van der Waals surface area contributed by atoms with Gasteiger partial charge in [-0.1, -0.05) is 0 Å². The molecular weight excluding hydrogens is 164 g/mol. The van der Waals surface area contributed by atoms with E-state index < -0.39 is 0 Å². The number of hydrogen-bond donors (Lipinski definition) is 0. The topological polar surface area (TPSA) is 26.3 Å². The molecule has 6 fully saturated rings. The van der Waals surface area contributed by atoms with Gasteiger partial charge in [0.2, 0.25) is 0 Å². The van der Waals surface area contributed by atoms with Gasteiger partial charge in [0.15, 0.2) is 0 Å². The van der Waals surface area contributed by atoms with Crippen LogP contribution < -0.4 is 0 Å². The van der Waals surface area contributed by atoms with Crippen LogP contribution in [-0.4, -0.2) is 18.5 Å². The standard InChI is InChI=1S/C11H12O2/c1-13-11-7-4-2-3-5(7)9(11)10(12)6(3)8(4)11/h3-9H,2H2,1H3/t3-,4+,5-,6+,7+,8+,9+,11?/m0/s1. The monoisotopic (exact) mass is 176 g/mol. The molecule has 2 heteroatoms. The number of hydrogen-bond acceptors (Lipinski definition) is 2. The summed E-state index contributed by atoms with van der Waals surface area (Å²) in [7, 11) is 1.82. The minimum absolute atomic E-state index is 0.0874. The summed E-state index contributed by atoms with van der Waals surface area (Å²) < 4.78 is 5.71. The van der Waals surface area contributed by atoms with Crippen LogP contribution in [0.3, 0.4) is 0 Å². The van der Waals surface area contributed by atoms with Crippen LogP contribution >= 0.6 is 0 Å². The number of rotatable bonds is 1. The first-order valence-corrected chi connectivity index (χ1v) is 5.41. The van der Waals surface area contributed by atoms with E-state index in [0.717, 1.165) is 23.7 Å². The van der Waals surface area contributed by atoms with Crippen molar-refractivity contribution in [3.63, 3.8) is 0 Å². The molecule has 4 bridgehead atoms. The van der Waals surface area contributed by atoms with Crippen LogP contribution in [0.15, 0.2) is 0 Å². The molecule has 6 aliphatic rings. The maximum Gasteiger partial charge on any atom is 0.142 e. The first-order valence-electron chi connectivity index (χ1n) is 5.41. The maximum absolute atomic E-state index is 12.0. The lowest BCUT2D eigenvalue weighted by Crippen LogP contribution is -2.76. The van der Waals surface area contributed by atoms with Crippen molar-refractivity contribution in [1.82, 2.24) is 0 Å². The highest BCUT2D eigenvalue weighted by Gasteiger charge is 2.94. The van der Waals surface area contributed by atoms with Gasteiger partial charge in [-0.15, -0.1) is 0 Å². The SMILES string of the molecule is COC12[C@@H]3[C@@H]4C[C@@H]5[C@H]3C(=O)[C@H]1[C@@H]5[C@@H]42. The zero-order valence-electron chi connectivity index (χ0n) is 7.57. The van der Waals surface area contributed by atoms with Gasteiger partial charge in [0, 0.05) is 18.9 Å². The molecule has 68 valence electrons. The second kappa shape index (κ2) is 1.31. The quantitative estimate of drug-likeness (QED) is 0.588. The predicted molar refractivity (Wildman–Crippen MR) is 43.8 cm³/mol. The molecule has 13 heavy (non-hydrogen) atoms. The van der Waals surface area contributed by atoms with Crippen molar-refractivity contribution < 1.29 is 9.53 Å². The van der Waals surface area contributed by atoms with Crippen molar-refractivity contribution in [2.45, 2.75) is 12.0 Å². The van der Waals surface area contributed by atoms with Crippen molar-refractivity contribution in [3.05, 3.63) is 0 Å². The zero-order valence-corrected chi connectivity index (χ0v) is 7.57. The molecule has 0 saturated heterocycles. The predicted octanol–water partition coefficient (Wildman–Crippen LogP) is 0.712. The van der Waals surface area contributed by atoms with Gasteiger partial charge in [0.25, 0.3) is 0 Å². The molecule has 0 amide bonds. The van der Waals surface area contributed by atoms with Gasteiger partial charge in [-0.05, 0) is 30.1 Å². The summed E-state index contributed by atoms with van der Waals surface area (Å²) in [5.41, 5.74) is 0.0874. The Labute approximate surface area is 76.6 Å². The van der Waals surface area contributed by atoms with E-state index in [-0.39, 0.29) is 5.60 Å². The summed E-state index contributed by atoms with van der Waals surface area (Å²) in [6, 6.07) is 0. The van der Waals surface area contributed by atoms with Gasteiger partial charge >= 0.3 is 0 Å². The highest BCUT2D eigenvalue weighted by Crippen LogP contribution is 2.89. The molecule has 0 aliphatic heterocycles. The Hall–Kier alpha value is -0.370. The summed E-state index contributed by atoms with van der Waals surface area (Å²) in [6.07, 6.45) is 1.36. The Balaban J connectivity index is 1.84. The Morgan fingerprint density at radius 2 is 2.23 bits per heavy atom.